The molecule has 2 nitrogen and oxygen atoms in total. The third-order valence-electron chi connectivity index (χ3n) is 2.46. The topological polar surface area (TPSA) is 39.2 Å². The molecule has 0 bridgehead atoms. The molecule has 0 aromatic carbocycles. The van der Waals surface area contributed by atoms with Crippen molar-refractivity contribution in [3.63, 3.8) is 0 Å². The molecular weight excluding hydrogens is 182 g/mol. The molecule has 2 atom stereocenters. The Labute approximate surface area is 82.9 Å². The second-order valence-corrected chi connectivity index (χ2v) is 4.87. The van der Waals surface area contributed by atoms with Crippen molar-refractivity contribution in [2.24, 2.45) is 5.73 Å². The van der Waals surface area contributed by atoms with Crippen LogP contribution >= 0.6 is 11.8 Å². The fourth-order valence-corrected chi connectivity index (χ4v) is 3.01. The molecule has 2 heterocycles. The van der Waals surface area contributed by atoms with Gasteiger partial charge in [0.2, 0.25) is 0 Å². The van der Waals surface area contributed by atoms with E-state index >= 15 is 0 Å². The Morgan fingerprint density at radius 2 is 2.46 bits per heavy atom. The largest absolute Gasteiger partial charge is 0.465 e. The summed E-state index contributed by atoms with van der Waals surface area (Å²) in [4.78, 5) is 0. The summed E-state index contributed by atoms with van der Waals surface area (Å²) in [5.74, 6) is 3.14. The Bertz CT molecular complexity index is 278. The molecule has 0 aliphatic carbocycles. The van der Waals surface area contributed by atoms with Crippen LogP contribution in [-0.2, 0) is 0 Å². The molecule has 0 spiro atoms. The van der Waals surface area contributed by atoms with Gasteiger partial charge in [-0.2, -0.15) is 11.8 Å². The van der Waals surface area contributed by atoms with Gasteiger partial charge in [0, 0.05) is 5.25 Å². The van der Waals surface area contributed by atoms with E-state index in [0.717, 1.165) is 11.5 Å². The van der Waals surface area contributed by atoms with Crippen molar-refractivity contribution < 1.29 is 4.42 Å². The maximum Gasteiger partial charge on any atom is 0.121 e. The predicted molar refractivity (Wildman–Crippen MR) is 55.9 cm³/mol. The van der Waals surface area contributed by atoms with E-state index < -0.39 is 0 Å². The first-order valence-electron chi connectivity index (χ1n) is 4.71. The minimum absolute atomic E-state index is 0.0844. The van der Waals surface area contributed by atoms with E-state index in [2.05, 4.69) is 0 Å². The lowest BCUT2D eigenvalue weighted by atomic mass is 10.1. The van der Waals surface area contributed by atoms with Crippen LogP contribution in [0.5, 0.6) is 0 Å². The zero-order valence-electron chi connectivity index (χ0n) is 7.82. The Morgan fingerprint density at radius 3 is 3.00 bits per heavy atom. The van der Waals surface area contributed by atoms with E-state index in [4.69, 9.17) is 10.2 Å². The molecule has 72 valence electrons. The standard InChI is InChI=1S/C10H15NOS/c1-7-4-5-8(12-7)10(11)9-3-2-6-13-9/h4-5,9-10H,2-3,6,11H2,1H3/t9-,10-/m0/s1. The summed E-state index contributed by atoms with van der Waals surface area (Å²) < 4.78 is 5.52. The summed E-state index contributed by atoms with van der Waals surface area (Å²) >= 11 is 1.97. The Hall–Kier alpha value is -0.410. The molecular formula is C10H15NOS. The molecule has 1 saturated heterocycles. The van der Waals surface area contributed by atoms with E-state index in [1.807, 2.05) is 30.8 Å². The normalized spacial score (nSPS) is 24.9. The van der Waals surface area contributed by atoms with Gasteiger partial charge in [0.25, 0.3) is 0 Å². The molecule has 1 aliphatic heterocycles. The lowest BCUT2D eigenvalue weighted by Crippen LogP contribution is -2.20. The van der Waals surface area contributed by atoms with Crippen LogP contribution in [0.25, 0.3) is 0 Å². The van der Waals surface area contributed by atoms with Crippen LogP contribution in [0, 0.1) is 6.92 Å². The minimum Gasteiger partial charge on any atom is -0.465 e. The van der Waals surface area contributed by atoms with E-state index in [0.29, 0.717) is 5.25 Å². The fraction of sp³-hybridized carbons (Fsp3) is 0.600. The highest BCUT2D eigenvalue weighted by molar-refractivity contribution is 8.00. The van der Waals surface area contributed by atoms with E-state index in [1.165, 1.54) is 18.6 Å². The third-order valence-corrected chi connectivity index (χ3v) is 3.94. The average Bonchev–Trinajstić information content (AvgIpc) is 2.72. The van der Waals surface area contributed by atoms with Crippen LogP contribution in [0.2, 0.25) is 0 Å². The molecule has 2 N–H and O–H groups in total. The number of hydrogen-bond donors (Lipinski definition) is 1. The van der Waals surface area contributed by atoms with Gasteiger partial charge in [0.1, 0.15) is 11.5 Å². The average molecular weight is 197 g/mol. The van der Waals surface area contributed by atoms with Gasteiger partial charge in [-0.05, 0) is 37.7 Å². The SMILES string of the molecule is Cc1ccc([C@H](N)[C@@H]2CCCS2)o1. The number of furan rings is 1. The molecule has 0 unspecified atom stereocenters. The maximum atomic E-state index is 6.10. The van der Waals surface area contributed by atoms with Crippen molar-refractivity contribution in [3.8, 4) is 0 Å². The van der Waals surface area contributed by atoms with Gasteiger partial charge in [-0.15, -0.1) is 0 Å². The number of aryl methyl sites for hydroxylation is 1. The molecule has 2 rings (SSSR count). The molecule has 1 aromatic rings. The van der Waals surface area contributed by atoms with E-state index in [9.17, 15) is 0 Å². The second-order valence-electron chi connectivity index (χ2n) is 3.53. The molecule has 1 aliphatic rings. The smallest absolute Gasteiger partial charge is 0.121 e. The lowest BCUT2D eigenvalue weighted by Gasteiger charge is -2.15. The number of thioether (sulfide) groups is 1. The van der Waals surface area contributed by atoms with Crippen LogP contribution in [0.15, 0.2) is 16.5 Å². The summed E-state index contributed by atoms with van der Waals surface area (Å²) in [5, 5.41) is 0.561. The monoisotopic (exact) mass is 197 g/mol. The van der Waals surface area contributed by atoms with Gasteiger partial charge in [-0.3, -0.25) is 0 Å². The molecule has 13 heavy (non-hydrogen) atoms. The van der Waals surface area contributed by atoms with Crippen molar-refractivity contribution in [1.29, 1.82) is 0 Å². The maximum absolute atomic E-state index is 6.10. The highest BCUT2D eigenvalue weighted by Crippen LogP contribution is 2.34. The van der Waals surface area contributed by atoms with Crippen molar-refractivity contribution in [3.05, 3.63) is 23.7 Å². The first kappa shape index (κ1) is 9.16. The Kier molecular flexibility index (Phi) is 2.65. The van der Waals surface area contributed by atoms with Crippen molar-refractivity contribution in [2.45, 2.75) is 31.1 Å². The van der Waals surface area contributed by atoms with Crippen LogP contribution in [0.1, 0.15) is 30.4 Å². The van der Waals surface area contributed by atoms with Gasteiger partial charge < -0.3 is 10.2 Å². The minimum atomic E-state index is 0.0844. The summed E-state index contributed by atoms with van der Waals surface area (Å²) in [7, 11) is 0. The first-order valence-corrected chi connectivity index (χ1v) is 5.76. The Balaban J connectivity index is 2.07. The van der Waals surface area contributed by atoms with Gasteiger partial charge in [0.15, 0.2) is 0 Å². The van der Waals surface area contributed by atoms with Gasteiger partial charge in [0.05, 0.1) is 6.04 Å². The summed E-state index contributed by atoms with van der Waals surface area (Å²) in [6.45, 7) is 1.96. The quantitative estimate of drug-likeness (QED) is 0.791. The predicted octanol–water partition coefficient (Wildman–Crippen LogP) is 2.48. The Morgan fingerprint density at radius 1 is 1.62 bits per heavy atom. The van der Waals surface area contributed by atoms with Crippen molar-refractivity contribution in [2.75, 3.05) is 5.75 Å². The van der Waals surface area contributed by atoms with Crippen LogP contribution < -0.4 is 5.73 Å². The second kappa shape index (κ2) is 3.76. The number of nitrogens with two attached hydrogens (primary N) is 1. The third kappa shape index (κ3) is 1.92. The highest BCUT2D eigenvalue weighted by atomic mass is 32.2. The first-order chi connectivity index (χ1) is 6.27. The summed E-state index contributed by atoms with van der Waals surface area (Å²) in [5.41, 5.74) is 6.10. The van der Waals surface area contributed by atoms with Crippen LogP contribution in [-0.4, -0.2) is 11.0 Å². The number of rotatable bonds is 2. The lowest BCUT2D eigenvalue weighted by molar-refractivity contribution is 0.437. The molecule has 0 saturated carbocycles. The van der Waals surface area contributed by atoms with E-state index in [1.54, 1.807) is 0 Å². The van der Waals surface area contributed by atoms with Gasteiger partial charge in [-0.1, -0.05) is 0 Å². The zero-order valence-corrected chi connectivity index (χ0v) is 8.64. The molecule has 0 radical (unpaired) electrons. The van der Waals surface area contributed by atoms with Crippen molar-refractivity contribution in [1.82, 2.24) is 0 Å². The summed E-state index contributed by atoms with van der Waals surface area (Å²) in [6, 6.07) is 4.06. The molecule has 1 fully saturated rings. The molecule has 1 aromatic heterocycles. The van der Waals surface area contributed by atoms with Gasteiger partial charge in [-0.25, -0.2) is 0 Å². The fourth-order valence-electron chi connectivity index (χ4n) is 1.70. The summed E-state index contributed by atoms with van der Waals surface area (Å²) in [6.07, 6.45) is 2.52. The van der Waals surface area contributed by atoms with Crippen LogP contribution in [0.3, 0.4) is 0 Å². The number of hydrogen-bond acceptors (Lipinski definition) is 3. The highest BCUT2D eigenvalue weighted by Gasteiger charge is 2.25. The molecule has 0 amide bonds. The van der Waals surface area contributed by atoms with Gasteiger partial charge >= 0.3 is 0 Å². The zero-order chi connectivity index (χ0) is 9.26. The van der Waals surface area contributed by atoms with E-state index in [-0.39, 0.29) is 6.04 Å². The van der Waals surface area contributed by atoms with Crippen LogP contribution in [0.4, 0.5) is 0 Å². The van der Waals surface area contributed by atoms with Crippen molar-refractivity contribution >= 4 is 11.8 Å². The molecule has 3 heteroatoms.